The highest BCUT2D eigenvalue weighted by Gasteiger charge is 2.22. The van der Waals surface area contributed by atoms with Gasteiger partial charge in [0.1, 0.15) is 0 Å². The lowest BCUT2D eigenvalue weighted by Crippen LogP contribution is -2.35. The van der Waals surface area contributed by atoms with Crippen LogP contribution in [0.4, 0.5) is 17.8 Å². The smallest absolute Gasteiger partial charge is 0.231 e. The van der Waals surface area contributed by atoms with Crippen LogP contribution < -0.4 is 14.7 Å². The molecule has 39 heavy (non-hydrogen) atoms. The van der Waals surface area contributed by atoms with Crippen molar-refractivity contribution in [3.63, 3.8) is 0 Å². The molecule has 0 fully saturated rings. The first-order valence-corrected chi connectivity index (χ1v) is 16.3. The van der Waals surface area contributed by atoms with Gasteiger partial charge in [0.2, 0.25) is 17.8 Å². The van der Waals surface area contributed by atoms with E-state index in [9.17, 15) is 0 Å². The minimum atomic E-state index is 0.648. The van der Waals surface area contributed by atoms with Crippen LogP contribution >= 0.6 is 0 Å². The third-order valence-electron chi connectivity index (χ3n) is 7.31. The highest BCUT2D eigenvalue weighted by molar-refractivity contribution is 5.47. The van der Waals surface area contributed by atoms with Crippen LogP contribution in [0.1, 0.15) is 122 Å². The van der Waals surface area contributed by atoms with Gasteiger partial charge in [0, 0.05) is 39.3 Å². The molecule has 0 aliphatic rings. The molecule has 0 N–H and O–H groups in total. The fraction of sp³-hybridized carbons (Fsp3) is 0.909. The van der Waals surface area contributed by atoms with Crippen molar-refractivity contribution < 1.29 is 0 Å². The van der Waals surface area contributed by atoms with Crippen molar-refractivity contribution in [2.75, 3.05) is 54.0 Å². The Morgan fingerprint density at radius 1 is 0.333 bits per heavy atom. The topological polar surface area (TPSA) is 48.4 Å². The van der Waals surface area contributed by atoms with Crippen molar-refractivity contribution in [2.24, 2.45) is 35.5 Å². The third-order valence-corrected chi connectivity index (χ3v) is 7.31. The molecule has 0 aliphatic heterocycles. The molecular formula is C33H66N6. The van der Waals surface area contributed by atoms with Crippen molar-refractivity contribution in [2.45, 2.75) is 122 Å². The van der Waals surface area contributed by atoms with Gasteiger partial charge in [0.15, 0.2) is 0 Å². The number of anilines is 3. The van der Waals surface area contributed by atoms with E-state index < -0.39 is 0 Å². The van der Waals surface area contributed by atoms with Crippen LogP contribution in [0, 0.1) is 35.5 Å². The van der Waals surface area contributed by atoms with E-state index in [0.29, 0.717) is 35.5 Å². The minimum Gasteiger partial charge on any atom is -0.341 e. The maximum atomic E-state index is 5.22. The number of hydrogen-bond donors (Lipinski definition) is 0. The molecule has 0 saturated heterocycles. The number of nitrogens with zero attached hydrogens (tertiary/aromatic N) is 6. The van der Waals surface area contributed by atoms with Crippen LogP contribution in [-0.2, 0) is 0 Å². The van der Waals surface area contributed by atoms with Gasteiger partial charge in [0.25, 0.3) is 0 Å². The summed E-state index contributed by atoms with van der Waals surface area (Å²) < 4.78 is 0. The lowest BCUT2D eigenvalue weighted by Gasteiger charge is -2.31. The molecule has 0 aliphatic carbocycles. The molecule has 0 spiro atoms. The summed E-state index contributed by atoms with van der Waals surface area (Å²) in [6.07, 6.45) is 6.85. The van der Waals surface area contributed by atoms with Gasteiger partial charge in [-0.3, -0.25) is 0 Å². The summed E-state index contributed by atoms with van der Waals surface area (Å²) in [5.74, 6) is 6.50. The minimum absolute atomic E-state index is 0.648. The van der Waals surface area contributed by atoms with Gasteiger partial charge >= 0.3 is 0 Å². The second kappa shape index (κ2) is 18.7. The first kappa shape index (κ1) is 35.4. The van der Waals surface area contributed by atoms with Crippen molar-refractivity contribution in [1.82, 2.24) is 15.0 Å². The van der Waals surface area contributed by atoms with Crippen LogP contribution in [-0.4, -0.2) is 54.2 Å². The molecule has 0 amide bonds. The number of aromatic nitrogens is 3. The average Bonchev–Trinajstić information content (AvgIpc) is 2.82. The molecule has 1 heterocycles. The average molecular weight is 547 g/mol. The van der Waals surface area contributed by atoms with Gasteiger partial charge in [-0.25, -0.2) is 0 Å². The normalized spacial score (nSPS) is 12.2. The zero-order valence-electron chi connectivity index (χ0n) is 28.1. The van der Waals surface area contributed by atoms with E-state index >= 15 is 0 Å². The quantitative estimate of drug-likeness (QED) is 0.154. The first-order chi connectivity index (χ1) is 18.3. The van der Waals surface area contributed by atoms with Crippen LogP contribution in [0.25, 0.3) is 0 Å². The fourth-order valence-electron chi connectivity index (χ4n) is 4.19. The van der Waals surface area contributed by atoms with Crippen LogP contribution in [0.5, 0.6) is 0 Å². The van der Waals surface area contributed by atoms with E-state index in [-0.39, 0.29) is 0 Å². The lowest BCUT2D eigenvalue weighted by molar-refractivity contribution is 0.517. The standard InChI is InChI=1S/C33H66N6/c1-25(2)13-19-37(20-14-26(3)4)31-34-32(38(21-15-27(5)6)22-16-28(7)8)36-33(35-31)39(23-17-29(9)10)24-18-30(11)12/h25-30H,13-24H2,1-12H3. The van der Waals surface area contributed by atoms with Crippen molar-refractivity contribution in [3.8, 4) is 0 Å². The van der Waals surface area contributed by atoms with E-state index in [1.54, 1.807) is 0 Å². The van der Waals surface area contributed by atoms with E-state index in [1.807, 2.05) is 0 Å². The molecule has 1 rings (SSSR count). The highest BCUT2D eigenvalue weighted by atomic mass is 15.4. The first-order valence-electron chi connectivity index (χ1n) is 16.3. The van der Waals surface area contributed by atoms with E-state index in [1.165, 1.54) is 0 Å². The number of hydrogen-bond acceptors (Lipinski definition) is 6. The van der Waals surface area contributed by atoms with Crippen LogP contribution in [0.15, 0.2) is 0 Å². The van der Waals surface area contributed by atoms with Gasteiger partial charge < -0.3 is 14.7 Å². The molecule has 0 saturated carbocycles. The van der Waals surface area contributed by atoms with Crippen molar-refractivity contribution in [1.29, 1.82) is 0 Å². The summed E-state index contributed by atoms with van der Waals surface area (Å²) in [6.45, 7) is 33.7. The predicted octanol–water partition coefficient (Wildman–Crippen LogP) is 8.57. The maximum absolute atomic E-state index is 5.22. The van der Waals surface area contributed by atoms with Crippen molar-refractivity contribution >= 4 is 17.8 Å². The summed E-state index contributed by atoms with van der Waals surface area (Å²) >= 11 is 0. The molecule has 0 atom stereocenters. The molecule has 228 valence electrons. The van der Waals surface area contributed by atoms with Gasteiger partial charge in [-0.15, -0.1) is 0 Å². The fourth-order valence-corrected chi connectivity index (χ4v) is 4.19. The second-order valence-electron chi connectivity index (χ2n) is 14.3. The summed E-state index contributed by atoms with van der Waals surface area (Å²) in [5.41, 5.74) is 0. The Morgan fingerprint density at radius 2 is 0.487 bits per heavy atom. The maximum Gasteiger partial charge on any atom is 0.231 e. The molecule has 6 heteroatoms. The third kappa shape index (κ3) is 15.7. The molecule has 1 aromatic heterocycles. The Morgan fingerprint density at radius 3 is 0.615 bits per heavy atom. The van der Waals surface area contributed by atoms with Crippen molar-refractivity contribution in [3.05, 3.63) is 0 Å². The van der Waals surface area contributed by atoms with Crippen LogP contribution in [0.2, 0.25) is 0 Å². The SMILES string of the molecule is CC(C)CCN(CCC(C)C)c1nc(N(CCC(C)C)CCC(C)C)nc(N(CCC(C)C)CCC(C)C)n1. The number of rotatable bonds is 21. The molecule has 0 aromatic carbocycles. The van der Waals surface area contributed by atoms with E-state index in [2.05, 4.69) is 97.8 Å². The van der Waals surface area contributed by atoms with E-state index in [4.69, 9.17) is 15.0 Å². The molecule has 0 bridgehead atoms. The molecule has 0 unspecified atom stereocenters. The molecule has 6 nitrogen and oxygen atoms in total. The molecule has 0 radical (unpaired) electrons. The Kier molecular flexibility index (Phi) is 17.0. The monoisotopic (exact) mass is 547 g/mol. The largest absolute Gasteiger partial charge is 0.341 e. The van der Waals surface area contributed by atoms with E-state index in [0.717, 1.165) is 95.6 Å². The molecule has 1 aromatic rings. The van der Waals surface area contributed by atoms with Gasteiger partial charge in [-0.2, -0.15) is 15.0 Å². The lowest BCUT2D eigenvalue weighted by atomic mass is 10.1. The zero-order chi connectivity index (χ0) is 29.5. The highest BCUT2D eigenvalue weighted by Crippen LogP contribution is 2.24. The Balaban J connectivity index is 3.61. The molecular weight excluding hydrogens is 480 g/mol. The summed E-state index contributed by atoms with van der Waals surface area (Å²) in [5, 5.41) is 0. The van der Waals surface area contributed by atoms with Gasteiger partial charge in [-0.05, 0) is 74.0 Å². The summed E-state index contributed by atoms with van der Waals surface area (Å²) in [7, 11) is 0. The predicted molar refractivity (Wildman–Crippen MR) is 173 cm³/mol. The zero-order valence-corrected chi connectivity index (χ0v) is 28.1. The Hall–Kier alpha value is -1.59. The Bertz CT molecular complexity index is 610. The van der Waals surface area contributed by atoms with Gasteiger partial charge in [0.05, 0.1) is 0 Å². The summed E-state index contributed by atoms with van der Waals surface area (Å²) in [6, 6.07) is 0. The summed E-state index contributed by atoms with van der Waals surface area (Å²) in [4.78, 5) is 23.0. The van der Waals surface area contributed by atoms with Gasteiger partial charge in [-0.1, -0.05) is 83.1 Å². The second-order valence-corrected chi connectivity index (χ2v) is 14.3. The van der Waals surface area contributed by atoms with Crippen LogP contribution in [0.3, 0.4) is 0 Å². The Labute approximate surface area is 243 Å².